The van der Waals surface area contributed by atoms with Crippen molar-refractivity contribution in [3.63, 3.8) is 0 Å². The lowest BCUT2D eigenvalue weighted by molar-refractivity contribution is 0.0697. The monoisotopic (exact) mass is 339 g/mol. The number of carboxylic acid groups (broad SMARTS) is 1. The van der Waals surface area contributed by atoms with Gasteiger partial charge < -0.3 is 10.4 Å². The summed E-state index contributed by atoms with van der Waals surface area (Å²) in [5, 5.41) is 13.6. The molecule has 1 saturated heterocycles. The summed E-state index contributed by atoms with van der Waals surface area (Å²) in [7, 11) is 0. The van der Waals surface area contributed by atoms with Crippen LogP contribution in [0.3, 0.4) is 0 Å². The molecule has 3 aromatic carbocycles. The SMILES string of the molecule is O=C(O)c1ccc2cccc(-c3c(F)cc(C4CCN4)cc3F)c2c1. The van der Waals surface area contributed by atoms with Crippen LogP contribution in [0.2, 0.25) is 0 Å². The molecule has 0 spiro atoms. The van der Waals surface area contributed by atoms with Gasteiger partial charge in [0.2, 0.25) is 0 Å². The summed E-state index contributed by atoms with van der Waals surface area (Å²) in [5.41, 5.74) is 0.896. The normalized spacial score (nSPS) is 16.6. The third kappa shape index (κ3) is 2.66. The Morgan fingerprint density at radius 1 is 1.08 bits per heavy atom. The minimum Gasteiger partial charge on any atom is -0.478 e. The molecule has 0 radical (unpaired) electrons. The van der Waals surface area contributed by atoms with E-state index in [9.17, 15) is 18.7 Å². The summed E-state index contributed by atoms with van der Waals surface area (Å²) in [6.45, 7) is 0.844. The van der Waals surface area contributed by atoms with Crippen molar-refractivity contribution in [2.75, 3.05) is 6.54 Å². The van der Waals surface area contributed by atoms with E-state index in [-0.39, 0.29) is 17.2 Å². The van der Waals surface area contributed by atoms with E-state index in [1.807, 2.05) is 0 Å². The molecule has 0 saturated carbocycles. The molecule has 25 heavy (non-hydrogen) atoms. The maximum atomic E-state index is 14.7. The van der Waals surface area contributed by atoms with Gasteiger partial charge in [-0.05, 0) is 59.1 Å². The summed E-state index contributed by atoms with van der Waals surface area (Å²) in [6.07, 6.45) is 0.856. The van der Waals surface area contributed by atoms with Gasteiger partial charge in [-0.3, -0.25) is 0 Å². The molecule has 0 aliphatic carbocycles. The van der Waals surface area contributed by atoms with Crippen molar-refractivity contribution in [2.24, 2.45) is 0 Å². The van der Waals surface area contributed by atoms with Crippen LogP contribution in [-0.4, -0.2) is 17.6 Å². The van der Waals surface area contributed by atoms with Crippen LogP contribution in [0, 0.1) is 11.6 Å². The van der Waals surface area contributed by atoms with Crippen LogP contribution in [0.5, 0.6) is 0 Å². The molecule has 3 aromatic rings. The van der Waals surface area contributed by atoms with E-state index in [2.05, 4.69) is 5.32 Å². The van der Waals surface area contributed by atoms with E-state index in [4.69, 9.17) is 0 Å². The zero-order valence-corrected chi connectivity index (χ0v) is 13.2. The predicted molar refractivity (Wildman–Crippen MR) is 91.6 cm³/mol. The van der Waals surface area contributed by atoms with Crippen molar-refractivity contribution in [2.45, 2.75) is 12.5 Å². The molecule has 1 atom stereocenters. The molecular weight excluding hydrogens is 324 g/mol. The zero-order chi connectivity index (χ0) is 17.6. The van der Waals surface area contributed by atoms with Crippen LogP contribution in [0.1, 0.15) is 28.4 Å². The molecule has 2 N–H and O–H groups in total. The number of benzene rings is 3. The molecule has 4 rings (SSSR count). The molecule has 1 aliphatic heterocycles. The van der Waals surface area contributed by atoms with Gasteiger partial charge in [-0.15, -0.1) is 0 Å². The van der Waals surface area contributed by atoms with Gasteiger partial charge in [0.05, 0.1) is 11.1 Å². The second kappa shape index (κ2) is 5.93. The van der Waals surface area contributed by atoms with E-state index >= 15 is 0 Å². The molecule has 126 valence electrons. The Balaban J connectivity index is 1.92. The van der Waals surface area contributed by atoms with E-state index in [1.54, 1.807) is 24.3 Å². The fourth-order valence-electron chi connectivity index (χ4n) is 3.25. The summed E-state index contributed by atoms with van der Waals surface area (Å²) < 4.78 is 29.4. The molecule has 0 amide bonds. The van der Waals surface area contributed by atoms with Crippen molar-refractivity contribution >= 4 is 16.7 Å². The second-order valence-corrected chi connectivity index (χ2v) is 6.20. The lowest BCUT2D eigenvalue weighted by Crippen LogP contribution is -2.35. The average Bonchev–Trinajstić information content (AvgIpc) is 2.52. The molecule has 5 heteroatoms. The number of hydrogen-bond acceptors (Lipinski definition) is 2. The van der Waals surface area contributed by atoms with Crippen molar-refractivity contribution in [1.82, 2.24) is 5.32 Å². The van der Waals surface area contributed by atoms with E-state index in [0.29, 0.717) is 16.5 Å². The molecule has 0 bridgehead atoms. The summed E-state index contributed by atoms with van der Waals surface area (Å²) in [4.78, 5) is 11.2. The Bertz CT molecular complexity index is 973. The molecule has 1 heterocycles. The van der Waals surface area contributed by atoms with Gasteiger partial charge in [0.1, 0.15) is 11.6 Å². The smallest absolute Gasteiger partial charge is 0.335 e. The minimum absolute atomic E-state index is 0.0100. The van der Waals surface area contributed by atoms with Gasteiger partial charge in [-0.2, -0.15) is 0 Å². The fourth-order valence-corrected chi connectivity index (χ4v) is 3.25. The molecular formula is C20H15F2NO2. The molecule has 1 fully saturated rings. The number of rotatable bonds is 3. The average molecular weight is 339 g/mol. The topological polar surface area (TPSA) is 49.3 Å². The van der Waals surface area contributed by atoms with E-state index in [0.717, 1.165) is 18.4 Å². The first-order chi connectivity index (χ1) is 12.0. The lowest BCUT2D eigenvalue weighted by Gasteiger charge is -2.28. The Kier molecular flexibility index (Phi) is 3.73. The van der Waals surface area contributed by atoms with Crippen LogP contribution >= 0.6 is 0 Å². The zero-order valence-electron chi connectivity index (χ0n) is 13.2. The minimum atomic E-state index is -1.08. The third-order valence-electron chi connectivity index (χ3n) is 4.69. The molecule has 1 aliphatic rings. The van der Waals surface area contributed by atoms with Crippen LogP contribution in [0.25, 0.3) is 21.9 Å². The number of fused-ring (bicyclic) bond motifs is 1. The van der Waals surface area contributed by atoms with Gasteiger partial charge in [-0.1, -0.05) is 24.3 Å². The Morgan fingerprint density at radius 2 is 1.80 bits per heavy atom. The van der Waals surface area contributed by atoms with Crippen molar-refractivity contribution in [3.8, 4) is 11.1 Å². The van der Waals surface area contributed by atoms with Gasteiger partial charge >= 0.3 is 5.97 Å². The predicted octanol–water partition coefficient (Wildman–Crippen LogP) is 4.52. The Hall–Kier alpha value is -2.79. The van der Waals surface area contributed by atoms with E-state index in [1.165, 1.54) is 24.3 Å². The van der Waals surface area contributed by atoms with Crippen LogP contribution in [0.15, 0.2) is 48.5 Å². The number of hydrogen-bond donors (Lipinski definition) is 2. The van der Waals surface area contributed by atoms with Crippen molar-refractivity contribution < 1.29 is 18.7 Å². The maximum absolute atomic E-state index is 14.7. The van der Waals surface area contributed by atoms with E-state index < -0.39 is 17.6 Å². The maximum Gasteiger partial charge on any atom is 0.335 e. The fraction of sp³-hybridized carbons (Fsp3) is 0.150. The number of aromatic carboxylic acids is 1. The number of halogens is 2. The van der Waals surface area contributed by atoms with Gasteiger partial charge in [-0.25, -0.2) is 13.6 Å². The number of nitrogens with one attached hydrogen (secondary N) is 1. The van der Waals surface area contributed by atoms with Gasteiger partial charge in [0, 0.05) is 6.04 Å². The quantitative estimate of drug-likeness (QED) is 0.738. The first-order valence-electron chi connectivity index (χ1n) is 8.03. The largest absolute Gasteiger partial charge is 0.478 e. The van der Waals surface area contributed by atoms with Crippen molar-refractivity contribution in [3.05, 3.63) is 71.3 Å². The highest BCUT2D eigenvalue weighted by Gasteiger charge is 2.23. The van der Waals surface area contributed by atoms with Crippen LogP contribution < -0.4 is 5.32 Å². The van der Waals surface area contributed by atoms with Gasteiger partial charge in [0.15, 0.2) is 0 Å². The summed E-state index contributed by atoms with van der Waals surface area (Å²) in [5.74, 6) is -2.36. The number of carboxylic acids is 1. The Morgan fingerprint density at radius 3 is 2.40 bits per heavy atom. The summed E-state index contributed by atoms with van der Waals surface area (Å²) >= 11 is 0. The standard InChI is InChI=1S/C20H15F2NO2/c21-16-9-13(18-6-7-23-18)10-17(22)19(16)14-3-1-2-11-4-5-12(20(24)25)8-15(11)14/h1-5,8-10,18,23H,6-7H2,(H,24,25). The molecule has 0 aromatic heterocycles. The second-order valence-electron chi connectivity index (χ2n) is 6.20. The molecule has 1 unspecified atom stereocenters. The highest BCUT2D eigenvalue weighted by molar-refractivity contribution is 6.01. The van der Waals surface area contributed by atoms with Crippen LogP contribution in [-0.2, 0) is 0 Å². The Labute approximate surface area is 142 Å². The highest BCUT2D eigenvalue weighted by atomic mass is 19.1. The first kappa shape index (κ1) is 15.7. The third-order valence-corrected chi connectivity index (χ3v) is 4.69. The first-order valence-corrected chi connectivity index (χ1v) is 8.03. The lowest BCUT2D eigenvalue weighted by atomic mass is 9.92. The highest BCUT2D eigenvalue weighted by Crippen LogP contribution is 2.35. The van der Waals surface area contributed by atoms with Crippen LogP contribution in [0.4, 0.5) is 8.78 Å². The van der Waals surface area contributed by atoms with Crippen molar-refractivity contribution in [1.29, 1.82) is 0 Å². The number of carbonyl (C=O) groups is 1. The van der Waals surface area contributed by atoms with Gasteiger partial charge in [0.25, 0.3) is 0 Å². The molecule has 3 nitrogen and oxygen atoms in total. The summed E-state index contributed by atoms with van der Waals surface area (Å²) in [6, 6.07) is 12.4.